The number of rotatable bonds is 1. The highest BCUT2D eigenvalue weighted by atomic mass is 16.5. The van der Waals surface area contributed by atoms with E-state index in [0.29, 0.717) is 24.2 Å². The summed E-state index contributed by atoms with van der Waals surface area (Å²) < 4.78 is 5.37. The third kappa shape index (κ3) is 1.91. The molecule has 2 fully saturated rings. The number of benzene rings is 1. The molecule has 0 bridgehead atoms. The normalized spacial score (nSPS) is 41.4. The summed E-state index contributed by atoms with van der Waals surface area (Å²) in [5.74, 6) is 2.62. The monoisotopic (exact) mass is 311 g/mol. The summed E-state index contributed by atoms with van der Waals surface area (Å²) in [4.78, 5) is 0. The van der Waals surface area contributed by atoms with Crippen LogP contribution in [0.15, 0.2) is 18.2 Å². The molecule has 1 aromatic rings. The first-order valence-corrected chi connectivity index (χ1v) is 8.83. The molecule has 2 saturated carbocycles. The SMILES string of the molecule is COc1ccc2c(c1)CC[C@H]1[C@H]2CC[C@@]2(C)[C@H]1CC[C@]2(O)C#N. The number of hydrogen-bond donors (Lipinski definition) is 1. The summed E-state index contributed by atoms with van der Waals surface area (Å²) in [5.41, 5.74) is 1.56. The molecule has 23 heavy (non-hydrogen) atoms. The number of nitriles is 1. The van der Waals surface area contributed by atoms with Gasteiger partial charge >= 0.3 is 0 Å². The fraction of sp³-hybridized carbons (Fsp3) is 0.650. The topological polar surface area (TPSA) is 53.2 Å². The van der Waals surface area contributed by atoms with Crippen LogP contribution >= 0.6 is 0 Å². The fourth-order valence-corrected chi connectivity index (χ4v) is 5.89. The van der Waals surface area contributed by atoms with Gasteiger partial charge in [0.15, 0.2) is 5.60 Å². The van der Waals surface area contributed by atoms with E-state index in [0.717, 1.165) is 31.4 Å². The quantitative estimate of drug-likeness (QED) is 0.802. The van der Waals surface area contributed by atoms with Crippen LogP contribution in [-0.4, -0.2) is 17.8 Å². The third-order valence-electron chi connectivity index (χ3n) is 7.27. The zero-order valence-corrected chi connectivity index (χ0v) is 14.0. The van der Waals surface area contributed by atoms with Gasteiger partial charge in [-0.3, -0.25) is 0 Å². The lowest BCUT2D eigenvalue weighted by atomic mass is 9.53. The molecule has 0 heterocycles. The van der Waals surface area contributed by atoms with E-state index in [1.807, 2.05) is 0 Å². The second kappa shape index (κ2) is 4.98. The fourth-order valence-electron chi connectivity index (χ4n) is 5.89. The first kappa shape index (κ1) is 15.0. The zero-order chi connectivity index (χ0) is 16.2. The number of methoxy groups -OCH3 is 1. The number of fused-ring (bicyclic) bond motifs is 5. The Balaban J connectivity index is 1.70. The molecule has 4 rings (SSSR count). The largest absolute Gasteiger partial charge is 0.497 e. The number of aryl methyl sites for hydroxylation is 1. The Morgan fingerprint density at radius 2 is 2.09 bits per heavy atom. The minimum Gasteiger partial charge on any atom is -0.497 e. The van der Waals surface area contributed by atoms with Crippen molar-refractivity contribution in [2.75, 3.05) is 7.11 Å². The van der Waals surface area contributed by atoms with Gasteiger partial charge in [-0.15, -0.1) is 0 Å². The first-order chi connectivity index (χ1) is 11.0. The highest BCUT2D eigenvalue weighted by Gasteiger charge is 2.62. The van der Waals surface area contributed by atoms with Crippen LogP contribution in [0.25, 0.3) is 0 Å². The number of aliphatic hydroxyl groups is 1. The van der Waals surface area contributed by atoms with Crippen molar-refractivity contribution in [1.82, 2.24) is 0 Å². The van der Waals surface area contributed by atoms with Crippen molar-refractivity contribution in [3.8, 4) is 11.8 Å². The van der Waals surface area contributed by atoms with Crippen LogP contribution < -0.4 is 4.74 Å². The van der Waals surface area contributed by atoms with E-state index in [9.17, 15) is 10.4 Å². The zero-order valence-electron chi connectivity index (χ0n) is 14.0. The van der Waals surface area contributed by atoms with Crippen LogP contribution in [0.1, 0.15) is 56.1 Å². The third-order valence-corrected chi connectivity index (χ3v) is 7.27. The molecule has 5 atom stereocenters. The van der Waals surface area contributed by atoms with Crippen molar-refractivity contribution in [2.45, 2.75) is 57.0 Å². The number of hydrogen-bond acceptors (Lipinski definition) is 3. The van der Waals surface area contributed by atoms with Crippen molar-refractivity contribution < 1.29 is 9.84 Å². The molecule has 3 aliphatic rings. The van der Waals surface area contributed by atoms with E-state index >= 15 is 0 Å². The maximum absolute atomic E-state index is 10.8. The van der Waals surface area contributed by atoms with Gasteiger partial charge in [-0.05, 0) is 79.5 Å². The Morgan fingerprint density at radius 1 is 1.26 bits per heavy atom. The molecule has 3 nitrogen and oxygen atoms in total. The van der Waals surface area contributed by atoms with Gasteiger partial charge in [-0.25, -0.2) is 0 Å². The van der Waals surface area contributed by atoms with Gasteiger partial charge in [0.25, 0.3) is 0 Å². The molecule has 3 aliphatic carbocycles. The van der Waals surface area contributed by atoms with Crippen molar-refractivity contribution >= 4 is 0 Å². The van der Waals surface area contributed by atoms with Gasteiger partial charge in [0.05, 0.1) is 13.2 Å². The van der Waals surface area contributed by atoms with Gasteiger partial charge in [0.1, 0.15) is 5.75 Å². The van der Waals surface area contributed by atoms with Crippen LogP contribution in [-0.2, 0) is 6.42 Å². The lowest BCUT2D eigenvalue weighted by Gasteiger charge is -2.51. The standard InChI is InChI=1S/C20H25NO2/c1-19-9-7-16-15-6-4-14(23-2)11-13(15)3-5-17(16)18(19)8-10-20(19,22)12-21/h4,6,11,16-18,22H,3,5,7-10H2,1-2H3/t16-,17-,18-,19-,20-/m0/s1. The molecule has 1 aromatic carbocycles. The van der Waals surface area contributed by atoms with E-state index in [2.05, 4.69) is 31.2 Å². The molecule has 0 aliphatic heterocycles. The second-order valence-corrected chi connectivity index (χ2v) is 7.95. The van der Waals surface area contributed by atoms with Crippen LogP contribution in [0, 0.1) is 28.6 Å². The van der Waals surface area contributed by atoms with Crippen LogP contribution in [0.5, 0.6) is 5.75 Å². The average molecular weight is 311 g/mol. The van der Waals surface area contributed by atoms with Gasteiger partial charge in [0, 0.05) is 5.41 Å². The van der Waals surface area contributed by atoms with Crippen LogP contribution in [0.3, 0.4) is 0 Å². The van der Waals surface area contributed by atoms with Crippen molar-refractivity contribution in [3.63, 3.8) is 0 Å². The first-order valence-electron chi connectivity index (χ1n) is 8.83. The Kier molecular flexibility index (Phi) is 3.25. The molecule has 1 N–H and O–H groups in total. The highest BCUT2D eigenvalue weighted by molar-refractivity contribution is 5.41. The van der Waals surface area contributed by atoms with Crippen LogP contribution in [0.4, 0.5) is 0 Å². The minimum absolute atomic E-state index is 0.229. The average Bonchev–Trinajstić information content (AvgIpc) is 2.86. The summed E-state index contributed by atoms with van der Waals surface area (Å²) in [5, 5.41) is 20.4. The van der Waals surface area contributed by atoms with Crippen molar-refractivity contribution in [3.05, 3.63) is 29.3 Å². The maximum Gasteiger partial charge on any atom is 0.156 e. The lowest BCUT2D eigenvalue weighted by molar-refractivity contribution is -0.0660. The van der Waals surface area contributed by atoms with Crippen LogP contribution in [0.2, 0.25) is 0 Å². The minimum atomic E-state index is -1.12. The maximum atomic E-state index is 10.8. The van der Waals surface area contributed by atoms with Gasteiger partial charge in [-0.2, -0.15) is 5.26 Å². The number of ether oxygens (including phenoxy) is 1. The Morgan fingerprint density at radius 3 is 2.83 bits per heavy atom. The van der Waals surface area contributed by atoms with Gasteiger partial charge in [0.2, 0.25) is 0 Å². The highest BCUT2D eigenvalue weighted by Crippen LogP contribution is 2.64. The Hall–Kier alpha value is -1.53. The molecule has 3 heteroatoms. The summed E-state index contributed by atoms with van der Waals surface area (Å²) in [6, 6.07) is 8.77. The van der Waals surface area contributed by atoms with Crippen molar-refractivity contribution in [2.24, 2.45) is 17.3 Å². The van der Waals surface area contributed by atoms with Gasteiger partial charge < -0.3 is 9.84 Å². The van der Waals surface area contributed by atoms with E-state index < -0.39 is 5.60 Å². The van der Waals surface area contributed by atoms with Gasteiger partial charge in [-0.1, -0.05) is 13.0 Å². The summed E-state index contributed by atoms with van der Waals surface area (Å²) in [6.07, 6.45) is 5.93. The molecule has 0 amide bonds. The predicted octanol–water partition coefficient (Wildman–Crippen LogP) is 3.81. The molecular formula is C20H25NO2. The van der Waals surface area contributed by atoms with Crippen molar-refractivity contribution in [1.29, 1.82) is 5.26 Å². The molecular weight excluding hydrogens is 286 g/mol. The molecule has 0 aromatic heterocycles. The summed E-state index contributed by atoms with van der Waals surface area (Å²) >= 11 is 0. The molecule has 0 radical (unpaired) electrons. The second-order valence-electron chi connectivity index (χ2n) is 7.95. The lowest BCUT2D eigenvalue weighted by Crippen LogP contribution is -2.50. The molecule has 122 valence electrons. The predicted molar refractivity (Wildman–Crippen MR) is 88.2 cm³/mol. The van der Waals surface area contributed by atoms with E-state index in [1.165, 1.54) is 17.5 Å². The molecule has 0 saturated heterocycles. The van der Waals surface area contributed by atoms with E-state index in [-0.39, 0.29) is 5.41 Å². The summed E-state index contributed by atoms with van der Waals surface area (Å²) in [7, 11) is 1.72. The summed E-state index contributed by atoms with van der Waals surface area (Å²) in [6.45, 7) is 2.16. The molecule has 0 unspecified atom stereocenters. The van der Waals surface area contributed by atoms with E-state index in [4.69, 9.17) is 4.74 Å². The molecule has 0 spiro atoms. The van der Waals surface area contributed by atoms with E-state index in [1.54, 1.807) is 7.11 Å². The Bertz CT molecular complexity index is 679. The number of nitrogens with zero attached hydrogens (tertiary/aromatic N) is 1. The Labute approximate surface area is 138 Å². The smallest absolute Gasteiger partial charge is 0.156 e.